The molecule has 4 rings (SSSR count). The predicted octanol–water partition coefficient (Wildman–Crippen LogP) is 4.55. The molecule has 158 valence electrons. The van der Waals surface area contributed by atoms with Crippen molar-refractivity contribution >= 4 is 23.6 Å². The molecule has 2 N–H and O–H groups in total. The molecule has 0 radical (unpaired) electrons. The van der Waals surface area contributed by atoms with Gasteiger partial charge in [0.15, 0.2) is 0 Å². The molecule has 3 aromatic carbocycles. The van der Waals surface area contributed by atoms with Gasteiger partial charge in [-0.25, -0.2) is 4.68 Å². The second-order valence-electron chi connectivity index (χ2n) is 7.06. The first-order valence-corrected chi connectivity index (χ1v) is 10.2. The van der Waals surface area contributed by atoms with E-state index in [1.54, 1.807) is 42.1 Å². The van der Waals surface area contributed by atoms with Gasteiger partial charge in [-0.15, -0.1) is 0 Å². The van der Waals surface area contributed by atoms with Crippen LogP contribution in [0.15, 0.2) is 97.2 Å². The number of para-hydroxylation sites is 1. The highest BCUT2D eigenvalue weighted by atomic mass is 16.2. The first kappa shape index (κ1) is 20.8. The summed E-state index contributed by atoms with van der Waals surface area (Å²) in [5.41, 5.74) is 4.65. The molecule has 0 aliphatic carbocycles. The smallest absolute Gasteiger partial charge is 0.251 e. The van der Waals surface area contributed by atoms with Crippen LogP contribution in [0.2, 0.25) is 0 Å². The predicted molar refractivity (Wildman–Crippen MR) is 126 cm³/mol. The maximum atomic E-state index is 12.5. The third-order valence-corrected chi connectivity index (χ3v) is 4.87. The molecule has 32 heavy (non-hydrogen) atoms. The molecular weight excluding hydrogens is 400 g/mol. The topological polar surface area (TPSA) is 76.0 Å². The van der Waals surface area contributed by atoms with Gasteiger partial charge in [-0.1, -0.05) is 48.5 Å². The number of carbonyl (C=O) groups is 2. The number of benzene rings is 3. The lowest BCUT2D eigenvalue weighted by Gasteiger charge is -2.04. The molecule has 4 aromatic rings. The molecule has 0 spiro atoms. The Hall–Kier alpha value is -4.45. The number of nitrogens with one attached hydrogen (secondary N) is 2. The summed E-state index contributed by atoms with van der Waals surface area (Å²) in [6.45, 7) is 0. The maximum absolute atomic E-state index is 12.5. The summed E-state index contributed by atoms with van der Waals surface area (Å²) in [5, 5.41) is 10.1. The molecule has 0 aliphatic rings. The SMILES string of the molecule is CNC(=O)c1ccc(NC(=O)/C=C/c2cn(-c3ccccc3)nc2-c2ccccc2)cc1. The van der Waals surface area contributed by atoms with Crippen molar-refractivity contribution in [1.29, 1.82) is 0 Å². The van der Waals surface area contributed by atoms with Crippen molar-refractivity contribution in [2.24, 2.45) is 0 Å². The number of nitrogens with zero attached hydrogens (tertiary/aromatic N) is 2. The van der Waals surface area contributed by atoms with E-state index < -0.39 is 0 Å². The van der Waals surface area contributed by atoms with E-state index in [-0.39, 0.29) is 11.8 Å². The lowest BCUT2D eigenvalue weighted by atomic mass is 10.1. The Morgan fingerprint density at radius 1 is 0.875 bits per heavy atom. The van der Waals surface area contributed by atoms with E-state index in [1.165, 1.54) is 6.08 Å². The molecule has 6 nitrogen and oxygen atoms in total. The Bertz CT molecular complexity index is 1240. The molecule has 0 fully saturated rings. The van der Waals surface area contributed by atoms with Crippen LogP contribution in [0.1, 0.15) is 15.9 Å². The molecule has 2 amide bonds. The van der Waals surface area contributed by atoms with E-state index in [0.29, 0.717) is 11.3 Å². The second kappa shape index (κ2) is 9.57. The highest BCUT2D eigenvalue weighted by Gasteiger charge is 2.11. The quantitative estimate of drug-likeness (QED) is 0.448. The van der Waals surface area contributed by atoms with Gasteiger partial charge in [0.2, 0.25) is 5.91 Å². The normalized spacial score (nSPS) is 10.8. The van der Waals surface area contributed by atoms with Crippen molar-refractivity contribution in [1.82, 2.24) is 15.1 Å². The first-order chi connectivity index (χ1) is 15.6. The standard InChI is InChI=1S/C26H22N4O2/c1-27-26(32)20-12-15-22(16-13-20)28-24(31)17-14-21-18-30(23-10-6-3-7-11-23)29-25(21)19-8-4-2-5-9-19/h2-18H,1H3,(H,27,32)(H,28,31)/b17-14+. The van der Waals surface area contributed by atoms with E-state index >= 15 is 0 Å². The Morgan fingerprint density at radius 2 is 1.53 bits per heavy atom. The molecule has 0 bridgehead atoms. The van der Waals surface area contributed by atoms with Gasteiger partial charge in [0, 0.05) is 41.7 Å². The van der Waals surface area contributed by atoms with E-state index in [2.05, 4.69) is 10.6 Å². The maximum Gasteiger partial charge on any atom is 0.251 e. The van der Waals surface area contributed by atoms with Gasteiger partial charge in [-0.2, -0.15) is 5.10 Å². The van der Waals surface area contributed by atoms with E-state index in [0.717, 1.165) is 22.5 Å². The number of amides is 2. The van der Waals surface area contributed by atoms with Gasteiger partial charge in [-0.05, 0) is 42.5 Å². The summed E-state index contributed by atoms with van der Waals surface area (Å²) in [5.74, 6) is -0.448. The van der Waals surface area contributed by atoms with E-state index in [9.17, 15) is 9.59 Å². The molecule has 0 saturated heterocycles. The lowest BCUT2D eigenvalue weighted by molar-refractivity contribution is -0.111. The summed E-state index contributed by atoms with van der Waals surface area (Å²) >= 11 is 0. The van der Waals surface area contributed by atoms with Crippen LogP contribution in [-0.4, -0.2) is 28.6 Å². The van der Waals surface area contributed by atoms with Crippen LogP contribution < -0.4 is 10.6 Å². The first-order valence-electron chi connectivity index (χ1n) is 10.2. The number of rotatable bonds is 6. The minimum Gasteiger partial charge on any atom is -0.355 e. The van der Waals surface area contributed by atoms with E-state index in [1.807, 2.05) is 66.9 Å². The van der Waals surface area contributed by atoms with Crippen molar-refractivity contribution < 1.29 is 9.59 Å². The molecule has 0 saturated carbocycles. The summed E-state index contributed by atoms with van der Waals surface area (Å²) in [7, 11) is 1.58. The van der Waals surface area contributed by atoms with Crippen molar-refractivity contribution in [3.63, 3.8) is 0 Å². The minimum absolute atomic E-state index is 0.174. The van der Waals surface area contributed by atoms with Gasteiger partial charge in [-0.3, -0.25) is 9.59 Å². The highest BCUT2D eigenvalue weighted by molar-refractivity contribution is 6.02. The number of hydrogen-bond donors (Lipinski definition) is 2. The van der Waals surface area contributed by atoms with E-state index in [4.69, 9.17) is 5.10 Å². The highest BCUT2D eigenvalue weighted by Crippen LogP contribution is 2.24. The molecule has 1 heterocycles. The third kappa shape index (κ3) is 4.82. The average Bonchev–Trinajstić information content (AvgIpc) is 3.28. The molecule has 0 atom stereocenters. The van der Waals surface area contributed by atoms with Crippen LogP contribution in [0.25, 0.3) is 23.0 Å². The molecule has 1 aromatic heterocycles. The summed E-state index contributed by atoms with van der Waals surface area (Å²) in [6, 6.07) is 26.4. The summed E-state index contributed by atoms with van der Waals surface area (Å²) in [4.78, 5) is 24.1. The molecule has 0 unspecified atom stereocenters. The fourth-order valence-electron chi connectivity index (χ4n) is 3.24. The zero-order valence-corrected chi connectivity index (χ0v) is 17.5. The number of anilines is 1. The lowest BCUT2D eigenvalue weighted by Crippen LogP contribution is -2.17. The van der Waals surface area contributed by atoms with Crippen LogP contribution >= 0.6 is 0 Å². The fraction of sp³-hybridized carbons (Fsp3) is 0.0385. The largest absolute Gasteiger partial charge is 0.355 e. The Labute approximate surface area is 186 Å². The van der Waals surface area contributed by atoms with Crippen molar-refractivity contribution in [3.05, 3.63) is 108 Å². The Morgan fingerprint density at radius 3 is 2.19 bits per heavy atom. The van der Waals surface area contributed by atoms with Crippen LogP contribution in [0.4, 0.5) is 5.69 Å². The van der Waals surface area contributed by atoms with Gasteiger partial charge >= 0.3 is 0 Å². The summed E-state index contributed by atoms with van der Waals surface area (Å²) < 4.78 is 1.80. The third-order valence-electron chi connectivity index (χ3n) is 4.87. The molecular formula is C26H22N4O2. The summed E-state index contributed by atoms with van der Waals surface area (Å²) in [6.07, 6.45) is 5.13. The number of carbonyl (C=O) groups excluding carboxylic acids is 2. The minimum atomic E-state index is -0.274. The average molecular weight is 422 g/mol. The Balaban J connectivity index is 1.56. The molecule has 0 aliphatic heterocycles. The van der Waals surface area contributed by atoms with Crippen LogP contribution in [0.3, 0.4) is 0 Å². The zero-order chi connectivity index (χ0) is 22.3. The van der Waals surface area contributed by atoms with Gasteiger partial charge in [0.1, 0.15) is 0 Å². The van der Waals surface area contributed by atoms with Crippen LogP contribution in [-0.2, 0) is 4.79 Å². The molecule has 6 heteroatoms. The fourth-order valence-corrected chi connectivity index (χ4v) is 3.24. The van der Waals surface area contributed by atoms with Crippen molar-refractivity contribution in [3.8, 4) is 16.9 Å². The van der Waals surface area contributed by atoms with Crippen LogP contribution in [0.5, 0.6) is 0 Å². The van der Waals surface area contributed by atoms with Crippen molar-refractivity contribution in [2.45, 2.75) is 0 Å². The number of hydrogen-bond acceptors (Lipinski definition) is 3. The Kier molecular flexibility index (Phi) is 6.22. The second-order valence-corrected chi connectivity index (χ2v) is 7.06. The van der Waals surface area contributed by atoms with Gasteiger partial charge < -0.3 is 10.6 Å². The van der Waals surface area contributed by atoms with Gasteiger partial charge in [0.25, 0.3) is 5.91 Å². The van der Waals surface area contributed by atoms with Crippen LogP contribution in [0, 0.1) is 0 Å². The number of aromatic nitrogens is 2. The van der Waals surface area contributed by atoms with Crippen molar-refractivity contribution in [2.75, 3.05) is 12.4 Å². The van der Waals surface area contributed by atoms with Gasteiger partial charge in [0.05, 0.1) is 11.4 Å². The monoisotopic (exact) mass is 422 g/mol. The zero-order valence-electron chi connectivity index (χ0n) is 17.5.